The Hall–Kier alpha value is -1.33. The molecule has 0 amide bonds. The minimum Gasteiger partial charge on any atom is -0.382 e. The number of aromatic nitrogens is 2. The van der Waals surface area contributed by atoms with Gasteiger partial charge in [-0.3, -0.25) is 14.3 Å². The molecule has 0 saturated carbocycles. The fourth-order valence-corrected chi connectivity index (χ4v) is 3.63. The lowest BCUT2D eigenvalue weighted by Gasteiger charge is -2.41. The van der Waals surface area contributed by atoms with Crippen molar-refractivity contribution in [3.8, 4) is 0 Å². The molecule has 0 bridgehead atoms. The van der Waals surface area contributed by atoms with Crippen LogP contribution in [0.2, 0.25) is 0 Å². The summed E-state index contributed by atoms with van der Waals surface area (Å²) in [4.78, 5) is 35.3. The molecule has 12 heteroatoms. The molecule has 0 aromatic carbocycles. The first-order valence-electron chi connectivity index (χ1n) is 8.05. The van der Waals surface area contributed by atoms with Gasteiger partial charge in [0.05, 0.1) is 12.7 Å². The molecule has 11 nitrogen and oxygen atoms in total. The standard InChI is InChI=1S/C14H24N3O8P/c1-4-24-10-7-9(16-26(20,21)23-3)11(8-22-2)25-13(10)17-6-5-12(18)15-14(17)19/h5-6,9-11,13H,4,7-8H2,1-3H3,(H,15,18,19)(H2,16,20,21)/t9-,10?,11+,13+/m0/s1. The quantitative estimate of drug-likeness (QED) is 0.502. The fourth-order valence-electron chi connectivity index (χ4n) is 2.83. The van der Waals surface area contributed by atoms with E-state index in [1.807, 2.05) is 0 Å². The van der Waals surface area contributed by atoms with Gasteiger partial charge in [0.15, 0.2) is 6.23 Å². The topological polar surface area (TPSA) is 141 Å². The van der Waals surface area contributed by atoms with Crippen LogP contribution in [0.5, 0.6) is 0 Å². The van der Waals surface area contributed by atoms with Crippen molar-refractivity contribution in [2.45, 2.75) is 37.8 Å². The van der Waals surface area contributed by atoms with Crippen molar-refractivity contribution < 1.29 is 28.2 Å². The van der Waals surface area contributed by atoms with Crippen LogP contribution in [0, 0.1) is 0 Å². The third kappa shape index (κ3) is 5.10. The van der Waals surface area contributed by atoms with Gasteiger partial charge in [0.1, 0.15) is 6.10 Å². The van der Waals surface area contributed by atoms with Gasteiger partial charge in [-0.15, -0.1) is 0 Å². The van der Waals surface area contributed by atoms with Crippen LogP contribution < -0.4 is 16.3 Å². The Balaban J connectivity index is 2.33. The molecule has 5 atom stereocenters. The van der Waals surface area contributed by atoms with E-state index in [2.05, 4.69) is 14.6 Å². The van der Waals surface area contributed by atoms with Gasteiger partial charge >= 0.3 is 13.4 Å². The number of ether oxygens (including phenoxy) is 3. The summed E-state index contributed by atoms with van der Waals surface area (Å²) in [6, 6.07) is 0.591. The molecule has 1 aromatic rings. The largest absolute Gasteiger partial charge is 0.403 e. The Morgan fingerprint density at radius 2 is 2.19 bits per heavy atom. The second kappa shape index (κ2) is 9.05. The Morgan fingerprint density at radius 1 is 1.46 bits per heavy atom. The van der Waals surface area contributed by atoms with Crippen molar-refractivity contribution in [1.29, 1.82) is 0 Å². The number of rotatable bonds is 8. The van der Waals surface area contributed by atoms with E-state index in [9.17, 15) is 19.0 Å². The summed E-state index contributed by atoms with van der Waals surface area (Å²) in [7, 11) is -1.43. The zero-order valence-electron chi connectivity index (χ0n) is 14.8. The van der Waals surface area contributed by atoms with Gasteiger partial charge in [-0.2, -0.15) is 0 Å². The summed E-state index contributed by atoms with van der Waals surface area (Å²) < 4.78 is 34.4. The Kier molecular flexibility index (Phi) is 7.30. The monoisotopic (exact) mass is 393 g/mol. The molecule has 0 spiro atoms. The molecular formula is C14H24N3O8P. The van der Waals surface area contributed by atoms with Crippen LogP contribution in [-0.4, -0.2) is 60.1 Å². The normalized spacial score (nSPS) is 28.6. The zero-order valence-corrected chi connectivity index (χ0v) is 15.7. The van der Waals surface area contributed by atoms with Crippen LogP contribution in [-0.2, 0) is 23.3 Å². The highest BCUT2D eigenvalue weighted by Crippen LogP contribution is 2.40. The number of hydrogen-bond donors (Lipinski definition) is 3. The van der Waals surface area contributed by atoms with E-state index in [-0.39, 0.29) is 13.0 Å². The second-order valence-corrected chi connectivity index (χ2v) is 7.37. The van der Waals surface area contributed by atoms with Crippen molar-refractivity contribution in [2.24, 2.45) is 0 Å². The minimum absolute atomic E-state index is 0.106. The average Bonchev–Trinajstić information content (AvgIpc) is 2.58. The number of nitrogens with one attached hydrogen (secondary N) is 2. The fraction of sp³-hybridized carbons (Fsp3) is 0.714. The molecule has 26 heavy (non-hydrogen) atoms. The zero-order chi connectivity index (χ0) is 19.3. The summed E-state index contributed by atoms with van der Waals surface area (Å²) in [5.74, 6) is 0. The van der Waals surface area contributed by atoms with Gasteiger partial charge < -0.3 is 23.6 Å². The summed E-state index contributed by atoms with van der Waals surface area (Å²) in [6.45, 7) is 2.22. The molecule has 2 rings (SSSR count). The van der Waals surface area contributed by atoms with E-state index >= 15 is 0 Å². The maximum Gasteiger partial charge on any atom is 0.403 e. The average molecular weight is 393 g/mol. The molecule has 2 unspecified atom stereocenters. The first-order valence-corrected chi connectivity index (χ1v) is 9.62. The van der Waals surface area contributed by atoms with Gasteiger partial charge in [-0.25, -0.2) is 14.4 Å². The van der Waals surface area contributed by atoms with Gasteiger partial charge in [-0.1, -0.05) is 0 Å². The van der Waals surface area contributed by atoms with Crippen molar-refractivity contribution in [3.63, 3.8) is 0 Å². The maximum absolute atomic E-state index is 12.1. The molecule has 1 aliphatic heterocycles. The molecule has 3 N–H and O–H groups in total. The molecule has 1 aromatic heterocycles. The van der Waals surface area contributed by atoms with E-state index in [0.717, 1.165) is 7.11 Å². The summed E-state index contributed by atoms with van der Waals surface area (Å²) >= 11 is 0. The van der Waals surface area contributed by atoms with Crippen LogP contribution in [0.15, 0.2) is 21.9 Å². The Morgan fingerprint density at radius 3 is 2.77 bits per heavy atom. The van der Waals surface area contributed by atoms with Crippen LogP contribution in [0.1, 0.15) is 19.6 Å². The molecule has 1 aliphatic rings. The van der Waals surface area contributed by atoms with Gasteiger partial charge in [0.2, 0.25) is 0 Å². The number of H-pyrrole nitrogens is 1. The van der Waals surface area contributed by atoms with Crippen molar-refractivity contribution in [2.75, 3.05) is 27.4 Å². The van der Waals surface area contributed by atoms with E-state index in [1.54, 1.807) is 6.92 Å². The lowest BCUT2D eigenvalue weighted by Crippen LogP contribution is -2.54. The first kappa shape index (κ1) is 21.0. The van der Waals surface area contributed by atoms with Crippen LogP contribution in [0.4, 0.5) is 0 Å². The first-order chi connectivity index (χ1) is 12.3. The summed E-state index contributed by atoms with van der Waals surface area (Å²) in [6.07, 6.45) is -0.520. The number of methoxy groups -OCH3 is 1. The molecule has 0 aliphatic carbocycles. The second-order valence-electron chi connectivity index (χ2n) is 5.71. The van der Waals surface area contributed by atoms with Crippen LogP contribution in [0.3, 0.4) is 0 Å². The lowest BCUT2D eigenvalue weighted by atomic mass is 9.99. The van der Waals surface area contributed by atoms with Crippen molar-refractivity contribution in [1.82, 2.24) is 14.6 Å². The lowest BCUT2D eigenvalue weighted by molar-refractivity contribution is -0.192. The molecule has 0 radical (unpaired) electrons. The van der Waals surface area contributed by atoms with E-state index < -0.39 is 43.5 Å². The minimum atomic E-state index is -4.01. The van der Waals surface area contributed by atoms with Crippen molar-refractivity contribution >= 4 is 7.75 Å². The highest BCUT2D eigenvalue weighted by molar-refractivity contribution is 7.50. The smallest absolute Gasteiger partial charge is 0.382 e. The molecule has 148 valence electrons. The van der Waals surface area contributed by atoms with Crippen LogP contribution >= 0.6 is 7.75 Å². The van der Waals surface area contributed by atoms with Gasteiger partial charge in [-0.05, 0) is 13.3 Å². The van der Waals surface area contributed by atoms with Crippen molar-refractivity contribution in [3.05, 3.63) is 33.1 Å². The summed E-state index contributed by atoms with van der Waals surface area (Å²) in [5, 5.41) is 2.52. The third-order valence-electron chi connectivity index (χ3n) is 3.98. The Labute approximate surface area is 149 Å². The molecule has 1 saturated heterocycles. The van der Waals surface area contributed by atoms with Gasteiger partial charge in [0, 0.05) is 39.1 Å². The molecule has 2 heterocycles. The predicted molar refractivity (Wildman–Crippen MR) is 90.9 cm³/mol. The summed E-state index contributed by atoms with van der Waals surface area (Å²) in [5.41, 5.74) is -1.16. The molecule has 1 fully saturated rings. The number of aromatic amines is 1. The van der Waals surface area contributed by atoms with E-state index in [4.69, 9.17) is 14.2 Å². The number of hydrogen-bond acceptors (Lipinski definition) is 7. The highest BCUT2D eigenvalue weighted by Gasteiger charge is 2.42. The SMILES string of the molecule is CCOC1C[C@H](NP(=O)(O)OC)[C@@H](COC)O[C@H]1n1ccc(=O)[nH]c1=O. The van der Waals surface area contributed by atoms with Gasteiger partial charge in [0.25, 0.3) is 5.56 Å². The van der Waals surface area contributed by atoms with Crippen LogP contribution in [0.25, 0.3) is 0 Å². The highest BCUT2D eigenvalue weighted by atomic mass is 31.2. The molecular weight excluding hydrogens is 369 g/mol. The third-order valence-corrected chi connectivity index (χ3v) is 5.13. The van der Waals surface area contributed by atoms with E-state index in [1.165, 1.54) is 23.9 Å². The predicted octanol–water partition coefficient (Wildman–Crippen LogP) is -0.419. The Bertz CT molecular complexity index is 750. The van der Waals surface area contributed by atoms with E-state index in [0.29, 0.717) is 6.61 Å². The number of nitrogens with zero attached hydrogens (tertiary/aromatic N) is 1. The maximum atomic E-state index is 12.1.